The van der Waals surface area contributed by atoms with Gasteiger partial charge in [0.1, 0.15) is 13.9 Å². The quantitative estimate of drug-likeness (QED) is 0.259. The minimum Gasteiger partial charge on any atom is -0.469 e. The van der Waals surface area contributed by atoms with Gasteiger partial charge in [0.25, 0.3) is 0 Å². The molecule has 0 aliphatic heterocycles. The topological polar surface area (TPSA) is 26.3 Å². The van der Waals surface area contributed by atoms with Gasteiger partial charge in [-0.15, -0.1) is 5.54 Å². The number of methoxy groups -OCH3 is 1. The zero-order valence-electron chi connectivity index (χ0n) is 13.9. The third kappa shape index (κ3) is 15.1. The highest BCUT2D eigenvalue weighted by Gasteiger charge is 2.06. The van der Waals surface area contributed by atoms with Crippen molar-refractivity contribution in [3.63, 3.8) is 0 Å². The molecule has 0 saturated heterocycles. The normalized spacial score (nSPS) is 11.8. The standard InChI is InChI=1S/C17H29FO2Si/c1-20-17(19)14-10-8-6-5-7-9-12-16(18)13-11-15-21(2,3)4/h13H,5-10,12,14H2,1-4H3/b16-13+. The summed E-state index contributed by atoms with van der Waals surface area (Å²) in [4.78, 5) is 10.9. The highest BCUT2D eigenvalue weighted by atomic mass is 28.3. The molecule has 21 heavy (non-hydrogen) atoms. The molecule has 0 saturated carbocycles. The Morgan fingerprint density at radius 2 is 1.57 bits per heavy atom. The monoisotopic (exact) mass is 312 g/mol. The molecule has 0 aliphatic rings. The maximum absolute atomic E-state index is 13.5. The molecule has 0 heterocycles. The summed E-state index contributed by atoms with van der Waals surface area (Å²) in [6.07, 6.45) is 8.42. The lowest BCUT2D eigenvalue weighted by molar-refractivity contribution is -0.140. The second kappa shape index (κ2) is 11.6. The lowest BCUT2D eigenvalue weighted by atomic mass is 10.1. The van der Waals surface area contributed by atoms with Crippen molar-refractivity contribution in [2.45, 2.75) is 71.0 Å². The number of carbonyl (C=O) groups excluding carboxylic acids is 1. The molecule has 0 bridgehead atoms. The summed E-state index contributed by atoms with van der Waals surface area (Å²) in [5.41, 5.74) is 3.13. The van der Waals surface area contributed by atoms with Gasteiger partial charge in [0.05, 0.1) is 7.11 Å². The molecule has 0 aromatic carbocycles. The Labute approximate surface area is 130 Å². The SMILES string of the molecule is COC(=O)CCCCCCCC/C(F)=C\C#C[Si](C)(C)C. The number of rotatable bonds is 9. The van der Waals surface area contributed by atoms with E-state index in [1.807, 2.05) is 0 Å². The predicted molar refractivity (Wildman–Crippen MR) is 89.3 cm³/mol. The van der Waals surface area contributed by atoms with Gasteiger partial charge in [-0.3, -0.25) is 4.79 Å². The first kappa shape index (κ1) is 19.9. The number of halogens is 1. The molecule has 0 spiro atoms. The van der Waals surface area contributed by atoms with Crippen molar-refractivity contribution >= 4 is 14.0 Å². The van der Waals surface area contributed by atoms with Crippen molar-refractivity contribution in [3.8, 4) is 11.5 Å². The van der Waals surface area contributed by atoms with Crippen LogP contribution in [-0.4, -0.2) is 21.2 Å². The van der Waals surface area contributed by atoms with Crippen LogP contribution in [0.4, 0.5) is 4.39 Å². The molecule has 2 nitrogen and oxygen atoms in total. The van der Waals surface area contributed by atoms with Gasteiger partial charge in [-0.2, -0.15) is 0 Å². The Hall–Kier alpha value is -1.08. The summed E-state index contributed by atoms with van der Waals surface area (Å²) in [5, 5.41) is 0. The number of carbonyl (C=O) groups is 1. The van der Waals surface area contributed by atoms with Crippen LogP contribution in [0.2, 0.25) is 19.6 Å². The van der Waals surface area contributed by atoms with Crippen molar-refractivity contribution in [1.82, 2.24) is 0 Å². The largest absolute Gasteiger partial charge is 0.469 e. The van der Waals surface area contributed by atoms with E-state index in [1.54, 1.807) is 0 Å². The van der Waals surface area contributed by atoms with Crippen molar-refractivity contribution in [1.29, 1.82) is 0 Å². The Balaban J connectivity index is 3.56. The molecule has 120 valence electrons. The number of hydrogen-bond acceptors (Lipinski definition) is 2. The van der Waals surface area contributed by atoms with E-state index >= 15 is 0 Å². The van der Waals surface area contributed by atoms with Crippen LogP contribution in [0.1, 0.15) is 51.4 Å². The van der Waals surface area contributed by atoms with Crippen LogP contribution in [0.5, 0.6) is 0 Å². The van der Waals surface area contributed by atoms with Crippen LogP contribution in [0.25, 0.3) is 0 Å². The first-order valence-corrected chi connectivity index (χ1v) is 11.3. The van der Waals surface area contributed by atoms with Crippen molar-refractivity contribution in [2.24, 2.45) is 0 Å². The number of allylic oxidation sites excluding steroid dienone is 2. The first-order valence-electron chi connectivity index (χ1n) is 7.79. The molecular formula is C17H29FO2Si. The van der Waals surface area contributed by atoms with Crippen LogP contribution in [0.3, 0.4) is 0 Å². The summed E-state index contributed by atoms with van der Waals surface area (Å²) in [6.45, 7) is 6.43. The van der Waals surface area contributed by atoms with E-state index in [9.17, 15) is 9.18 Å². The summed E-state index contributed by atoms with van der Waals surface area (Å²) in [7, 11) is 0.0180. The van der Waals surface area contributed by atoms with Gasteiger partial charge in [0, 0.05) is 12.5 Å². The lowest BCUT2D eigenvalue weighted by Crippen LogP contribution is -2.16. The Morgan fingerprint density at radius 3 is 2.10 bits per heavy atom. The van der Waals surface area contributed by atoms with Crippen LogP contribution in [0.15, 0.2) is 11.9 Å². The van der Waals surface area contributed by atoms with Crippen LogP contribution >= 0.6 is 0 Å². The van der Waals surface area contributed by atoms with Gasteiger partial charge in [0.15, 0.2) is 0 Å². The molecular weight excluding hydrogens is 283 g/mol. The molecule has 0 rings (SSSR count). The average molecular weight is 313 g/mol. The van der Waals surface area contributed by atoms with E-state index in [0.717, 1.165) is 38.5 Å². The van der Waals surface area contributed by atoms with Gasteiger partial charge < -0.3 is 4.74 Å². The molecule has 0 radical (unpaired) electrons. The van der Waals surface area contributed by atoms with E-state index in [-0.39, 0.29) is 11.8 Å². The van der Waals surface area contributed by atoms with E-state index in [4.69, 9.17) is 0 Å². The molecule has 0 atom stereocenters. The van der Waals surface area contributed by atoms with Crippen LogP contribution in [0, 0.1) is 11.5 Å². The Kier molecular flexibility index (Phi) is 11.0. The zero-order valence-corrected chi connectivity index (χ0v) is 14.9. The van der Waals surface area contributed by atoms with E-state index < -0.39 is 8.07 Å². The second-order valence-electron chi connectivity index (χ2n) is 6.31. The average Bonchev–Trinajstić information content (AvgIpc) is 2.39. The van der Waals surface area contributed by atoms with Gasteiger partial charge in [-0.05, 0) is 19.3 Å². The minimum atomic E-state index is -1.40. The Bertz CT molecular complexity index is 386. The molecule has 0 fully saturated rings. The van der Waals surface area contributed by atoms with E-state index in [0.29, 0.717) is 12.8 Å². The van der Waals surface area contributed by atoms with Crippen LogP contribution < -0.4 is 0 Å². The van der Waals surface area contributed by atoms with Gasteiger partial charge in [-0.1, -0.05) is 51.2 Å². The maximum atomic E-state index is 13.5. The molecule has 0 N–H and O–H groups in total. The van der Waals surface area contributed by atoms with Gasteiger partial charge >= 0.3 is 5.97 Å². The number of esters is 1. The van der Waals surface area contributed by atoms with Gasteiger partial charge in [-0.25, -0.2) is 4.39 Å². The fourth-order valence-corrected chi connectivity index (χ4v) is 2.28. The summed E-state index contributed by atoms with van der Waals surface area (Å²) in [5.74, 6) is 2.60. The lowest BCUT2D eigenvalue weighted by Gasteiger charge is -2.02. The summed E-state index contributed by atoms with van der Waals surface area (Å²) in [6, 6.07) is 0. The summed E-state index contributed by atoms with van der Waals surface area (Å²) >= 11 is 0. The molecule has 0 amide bonds. The highest BCUT2D eigenvalue weighted by molar-refractivity contribution is 6.83. The fraction of sp³-hybridized carbons (Fsp3) is 0.706. The molecule has 0 aliphatic carbocycles. The number of hydrogen-bond donors (Lipinski definition) is 0. The van der Waals surface area contributed by atoms with Crippen LogP contribution in [-0.2, 0) is 9.53 Å². The number of unbranched alkanes of at least 4 members (excludes halogenated alkanes) is 5. The Morgan fingerprint density at radius 1 is 1.05 bits per heavy atom. The fourth-order valence-electron chi connectivity index (χ4n) is 1.78. The van der Waals surface area contributed by atoms with Crippen molar-refractivity contribution in [2.75, 3.05) is 7.11 Å². The number of ether oxygens (including phenoxy) is 1. The second-order valence-corrected chi connectivity index (χ2v) is 11.1. The van der Waals surface area contributed by atoms with E-state index in [2.05, 4.69) is 35.8 Å². The minimum absolute atomic E-state index is 0.105. The highest BCUT2D eigenvalue weighted by Crippen LogP contribution is 2.13. The third-order valence-corrected chi connectivity index (χ3v) is 3.84. The van der Waals surface area contributed by atoms with Crippen molar-refractivity contribution < 1.29 is 13.9 Å². The van der Waals surface area contributed by atoms with Crippen molar-refractivity contribution in [3.05, 3.63) is 11.9 Å². The first-order chi connectivity index (χ1) is 9.85. The molecule has 0 aromatic rings. The molecule has 4 heteroatoms. The maximum Gasteiger partial charge on any atom is 0.305 e. The van der Waals surface area contributed by atoms with Gasteiger partial charge in [0.2, 0.25) is 0 Å². The zero-order chi connectivity index (χ0) is 16.1. The molecule has 0 unspecified atom stereocenters. The van der Waals surface area contributed by atoms with E-state index in [1.165, 1.54) is 13.2 Å². The summed E-state index contributed by atoms with van der Waals surface area (Å²) < 4.78 is 18.0. The third-order valence-electron chi connectivity index (χ3n) is 2.95. The predicted octanol–water partition coefficient (Wildman–Crippen LogP) is 5.01. The smallest absolute Gasteiger partial charge is 0.305 e. The molecule has 0 aromatic heterocycles.